The Hall–Kier alpha value is -0.160. The van der Waals surface area contributed by atoms with Gasteiger partial charge in [-0.25, -0.2) is 0 Å². The fourth-order valence-corrected chi connectivity index (χ4v) is 2.72. The van der Waals surface area contributed by atoms with Gasteiger partial charge in [-0.15, -0.1) is 0 Å². The lowest BCUT2D eigenvalue weighted by molar-refractivity contribution is 0.0888. The van der Waals surface area contributed by atoms with Crippen molar-refractivity contribution in [3.05, 3.63) is 0 Å². The molecule has 0 bridgehead atoms. The molecule has 18 heavy (non-hydrogen) atoms. The molecule has 1 aliphatic rings. The highest BCUT2D eigenvalue weighted by Gasteiger charge is 2.28. The molecule has 0 radical (unpaired) electrons. The predicted molar refractivity (Wildman–Crippen MR) is 75.0 cm³/mol. The number of ether oxygens (including phenoxy) is 2. The quantitative estimate of drug-likeness (QED) is 0.633. The van der Waals surface area contributed by atoms with Crippen LogP contribution in [0.4, 0.5) is 0 Å². The zero-order valence-electron chi connectivity index (χ0n) is 12.3. The SMILES string of the molecule is COCCCN(CCOC)CC1(C)CCCNC1. The number of nitrogens with zero attached hydrogens (tertiary/aromatic N) is 1. The van der Waals surface area contributed by atoms with Crippen LogP contribution in [0.25, 0.3) is 0 Å². The molecule has 1 saturated heterocycles. The number of hydrogen-bond acceptors (Lipinski definition) is 4. The maximum atomic E-state index is 5.21. The number of nitrogens with one attached hydrogen (secondary N) is 1. The second-order valence-corrected chi connectivity index (χ2v) is 5.71. The fraction of sp³-hybridized carbons (Fsp3) is 1.00. The molecule has 0 aromatic carbocycles. The maximum absolute atomic E-state index is 5.21. The molecule has 0 amide bonds. The summed E-state index contributed by atoms with van der Waals surface area (Å²) in [5, 5.41) is 3.52. The third-order valence-corrected chi connectivity index (χ3v) is 3.73. The zero-order chi connectivity index (χ0) is 13.3. The summed E-state index contributed by atoms with van der Waals surface area (Å²) in [6.45, 7) is 9.66. The molecule has 1 aliphatic heterocycles. The molecule has 1 rings (SSSR count). The minimum absolute atomic E-state index is 0.416. The van der Waals surface area contributed by atoms with E-state index in [1.54, 1.807) is 14.2 Å². The van der Waals surface area contributed by atoms with Gasteiger partial charge in [-0.1, -0.05) is 6.92 Å². The second-order valence-electron chi connectivity index (χ2n) is 5.71. The molecule has 4 nitrogen and oxygen atoms in total. The average Bonchev–Trinajstić information content (AvgIpc) is 2.36. The number of rotatable bonds is 9. The molecule has 1 heterocycles. The molecule has 4 heteroatoms. The molecule has 1 N–H and O–H groups in total. The van der Waals surface area contributed by atoms with Crippen LogP contribution >= 0.6 is 0 Å². The van der Waals surface area contributed by atoms with E-state index in [1.165, 1.54) is 19.4 Å². The summed E-state index contributed by atoms with van der Waals surface area (Å²) >= 11 is 0. The smallest absolute Gasteiger partial charge is 0.0589 e. The van der Waals surface area contributed by atoms with Crippen LogP contribution in [0.1, 0.15) is 26.2 Å². The third kappa shape index (κ3) is 6.14. The summed E-state index contributed by atoms with van der Waals surface area (Å²) in [4.78, 5) is 2.52. The first kappa shape index (κ1) is 15.9. The van der Waals surface area contributed by atoms with E-state index in [0.29, 0.717) is 5.41 Å². The van der Waals surface area contributed by atoms with E-state index in [1.807, 2.05) is 0 Å². The summed E-state index contributed by atoms with van der Waals surface area (Å²) in [6, 6.07) is 0. The van der Waals surface area contributed by atoms with Crippen molar-refractivity contribution in [3.8, 4) is 0 Å². The highest BCUT2D eigenvalue weighted by atomic mass is 16.5. The molecule has 0 aromatic heterocycles. The number of methoxy groups -OCH3 is 2. The van der Waals surface area contributed by atoms with Crippen molar-refractivity contribution in [3.63, 3.8) is 0 Å². The van der Waals surface area contributed by atoms with Gasteiger partial charge in [-0.2, -0.15) is 0 Å². The van der Waals surface area contributed by atoms with Gasteiger partial charge in [0.05, 0.1) is 6.61 Å². The van der Waals surface area contributed by atoms with E-state index >= 15 is 0 Å². The van der Waals surface area contributed by atoms with E-state index in [4.69, 9.17) is 9.47 Å². The fourth-order valence-electron chi connectivity index (χ4n) is 2.72. The Bertz CT molecular complexity index is 206. The summed E-state index contributed by atoms with van der Waals surface area (Å²) in [6.07, 6.45) is 3.73. The van der Waals surface area contributed by atoms with Crippen LogP contribution in [-0.4, -0.2) is 65.1 Å². The minimum Gasteiger partial charge on any atom is -0.385 e. The second kappa shape index (κ2) is 8.86. The summed E-state index contributed by atoms with van der Waals surface area (Å²) in [7, 11) is 3.54. The predicted octanol–water partition coefficient (Wildman–Crippen LogP) is 1.36. The van der Waals surface area contributed by atoms with Crippen molar-refractivity contribution in [1.82, 2.24) is 10.2 Å². The van der Waals surface area contributed by atoms with Crippen LogP contribution in [0.15, 0.2) is 0 Å². The van der Waals surface area contributed by atoms with Gasteiger partial charge in [0.15, 0.2) is 0 Å². The third-order valence-electron chi connectivity index (χ3n) is 3.73. The van der Waals surface area contributed by atoms with Crippen LogP contribution in [-0.2, 0) is 9.47 Å². The first-order valence-electron chi connectivity index (χ1n) is 7.11. The zero-order valence-corrected chi connectivity index (χ0v) is 12.3. The van der Waals surface area contributed by atoms with Gasteiger partial charge in [0.2, 0.25) is 0 Å². The lowest BCUT2D eigenvalue weighted by Gasteiger charge is -2.38. The van der Waals surface area contributed by atoms with E-state index < -0.39 is 0 Å². The van der Waals surface area contributed by atoms with Crippen LogP contribution < -0.4 is 5.32 Å². The first-order chi connectivity index (χ1) is 8.70. The Kier molecular flexibility index (Phi) is 7.82. The van der Waals surface area contributed by atoms with E-state index in [2.05, 4.69) is 17.1 Å². The van der Waals surface area contributed by atoms with Crippen molar-refractivity contribution in [2.75, 3.05) is 60.2 Å². The van der Waals surface area contributed by atoms with Crippen LogP contribution in [0.5, 0.6) is 0 Å². The van der Waals surface area contributed by atoms with Gasteiger partial charge in [0.25, 0.3) is 0 Å². The van der Waals surface area contributed by atoms with E-state index in [9.17, 15) is 0 Å². The lowest BCUT2D eigenvalue weighted by Crippen LogP contribution is -2.46. The molecule has 0 aromatic rings. The minimum atomic E-state index is 0.416. The van der Waals surface area contributed by atoms with Crippen molar-refractivity contribution in [1.29, 1.82) is 0 Å². The monoisotopic (exact) mass is 258 g/mol. The van der Waals surface area contributed by atoms with Gasteiger partial charge in [-0.05, 0) is 31.2 Å². The molecule has 0 aliphatic carbocycles. The van der Waals surface area contributed by atoms with Crippen molar-refractivity contribution >= 4 is 0 Å². The van der Waals surface area contributed by atoms with Gasteiger partial charge < -0.3 is 19.7 Å². The highest BCUT2D eigenvalue weighted by molar-refractivity contribution is 4.84. The van der Waals surface area contributed by atoms with Crippen molar-refractivity contribution < 1.29 is 9.47 Å². The summed E-state index contributed by atoms with van der Waals surface area (Å²) in [5.74, 6) is 0. The summed E-state index contributed by atoms with van der Waals surface area (Å²) < 4.78 is 10.4. The Morgan fingerprint density at radius 2 is 1.94 bits per heavy atom. The molecule has 0 saturated carbocycles. The number of hydrogen-bond donors (Lipinski definition) is 1. The van der Waals surface area contributed by atoms with Crippen molar-refractivity contribution in [2.24, 2.45) is 5.41 Å². The normalized spacial score (nSPS) is 24.7. The lowest BCUT2D eigenvalue weighted by atomic mass is 9.82. The Labute approximate surface area is 112 Å². The Morgan fingerprint density at radius 1 is 1.17 bits per heavy atom. The molecule has 0 spiro atoms. The van der Waals surface area contributed by atoms with Gasteiger partial charge in [0.1, 0.15) is 0 Å². The largest absolute Gasteiger partial charge is 0.385 e. The molecule has 1 atom stereocenters. The standard InChI is InChI=1S/C14H30N2O2/c1-14(6-4-7-15-12-14)13-16(9-11-18-3)8-5-10-17-2/h15H,4-13H2,1-3H3. The van der Waals surface area contributed by atoms with Crippen LogP contribution in [0.3, 0.4) is 0 Å². The number of piperidine rings is 1. The molecule has 1 fully saturated rings. The molecular formula is C14H30N2O2. The van der Waals surface area contributed by atoms with Crippen LogP contribution in [0, 0.1) is 5.41 Å². The Balaban J connectivity index is 2.37. The van der Waals surface area contributed by atoms with Crippen LogP contribution in [0.2, 0.25) is 0 Å². The topological polar surface area (TPSA) is 33.7 Å². The molecule has 1 unspecified atom stereocenters. The molecule has 108 valence electrons. The van der Waals surface area contributed by atoms with E-state index in [0.717, 1.165) is 45.8 Å². The summed E-state index contributed by atoms with van der Waals surface area (Å²) in [5.41, 5.74) is 0.416. The average molecular weight is 258 g/mol. The van der Waals surface area contributed by atoms with Gasteiger partial charge >= 0.3 is 0 Å². The molecular weight excluding hydrogens is 228 g/mol. The van der Waals surface area contributed by atoms with Gasteiger partial charge in [-0.3, -0.25) is 0 Å². The first-order valence-corrected chi connectivity index (χ1v) is 7.11. The highest BCUT2D eigenvalue weighted by Crippen LogP contribution is 2.26. The Morgan fingerprint density at radius 3 is 2.56 bits per heavy atom. The maximum Gasteiger partial charge on any atom is 0.0589 e. The van der Waals surface area contributed by atoms with Gasteiger partial charge in [0, 0.05) is 47.0 Å². The van der Waals surface area contributed by atoms with E-state index in [-0.39, 0.29) is 0 Å². The van der Waals surface area contributed by atoms with Crippen molar-refractivity contribution in [2.45, 2.75) is 26.2 Å².